The van der Waals surface area contributed by atoms with Gasteiger partial charge in [0.15, 0.2) is 0 Å². The lowest BCUT2D eigenvalue weighted by Gasteiger charge is -2.06. The monoisotopic (exact) mass is 291 g/mol. The molecule has 0 aliphatic rings. The van der Waals surface area contributed by atoms with Gasteiger partial charge in [0.05, 0.1) is 16.1 Å². The molecule has 0 radical (unpaired) electrons. The minimum atomic E-state index is -0.542. The van der Waals surface area contributed by atoms with Crippen molar-refractivity contribution in [2.24, 2.45) is 0 Å². The van der Waals surface area contributed by atoms with E-state index in [1.165, 1.54) is 18.2 Å². The lowest BCUT2D eigenvalue weighted by Crippen LogP contribution is -2.06. The smallest absolute Gasteiger partial charge is 0.338 e. The van der Waals surface area contributed by atoms with Crippen molar-refractivity contribution in [3.8, 4) is 0 Å². The molecule has 0 aliphatic heterocycles. The summed E-state index contributed by atoms with van der Waals surface area (Å²) in [4.78, 5) is 22.1. The second kappa shape index (κ2) is 6.16. The Labute approximate surface area is 119 Å². The molecule has 0 atom stereocenters. The van der Waals surface area contributed by atoms with Gasteiger partial charge in [0.25, 0.3) is 5.69 Å². The summed E-state index contributed by atoms with van der Waals surface area (Å²) in [6.45, 7) is -0.204. The molecule has 20 heavy (non-hydrogen) atoms. The maximum Gasteiger partial charge on any atom is 0.338 e. The van der Waals surface area contributed by atoms with E-state index in [4.69, 9.17) is 16.3 Å². The number of hydrogen-bond acceptors (Lipinski definition) is 4. The van der Waals surface area contributed by atoms with Crippen LogP contribution in [0.1, 0.15) is 15.9 Å². The number of hydrogen-bond donors (Lipinski definition) is 0. The third-order valence-corrected chi connectivity index (χ3v) is 2.84. The maximum atomic E-state index is 11.8. The van der Waals surface area contributed by atoms with E-state index in [1.54, 1.807) is 30.3 Å². The Morgan fingerprint density at radius 3 is 2.55 bits per heavy atom. The highest BCUT2D eigenvalue weighted by atomic mass is 35.5. The fourth-order valence-corrected chi connectivity index (χ4v) is 1.84. The number of benzene rings is 2. The van der Waals surface area contributed by atoms with Crippen LogP contribution in [0.3, 0.4) is 0 Å². The first-order chi connectivity index (χ1) is 9.58. The number of carbonyl (C=O) groups is 1. The molecule has 0 fully saturated rings. The Kier molecular flexibility index (Phi) is 4.32. The zero-order valence-electron chi connectivity index (χ0n) is 10.3. The van der Waals surface area contributed by atoms with Gasteiger partial charge in [-0.05, 0) is 24.3 Å². The van der Waals surface area contributed by atoms with Crippen LogP contribution in [0.25, 0.3) is 0 Å². The number of ether oxygens (including phenoxy) is 1. The summed E-state index contributed by atoms with van der Waals surface area (Å²) < 4.78 is 5.06. The van der Waals surface area contributed by atoms with E-state index < -0.39 is 10.9 Å². The SMILES string of the molecule is O=C(OCc1cc(Cl)ccc1[N+](=O)[O-])c1ccccc1. The standard InChI is InChI=1S/C14H10ClNO4/c15-12-6-7-13(16(18)19)11(8-12)9-20-14(17)10-4-2-1-3-5-10/h1-8H,9H2. The summed E-state index contributed by atoms with van der Waals surface area (Å²) in [6, 6.07) is 12.5. The topological polar surface area (TPSA) is 69.4 Å². The molecule has 2 aromatic rings. The van der Waals surface area contributed by atoms with Gasteiger partial charge in [-0.3, -0.25) is 10.1 Å². The van der Waals surface area contributed by atoms with Gasteiger partial charge in [-0.25, -0.2) is 4.79 Å². The van der Waals surface area contributed by atoms with Crippen LogP contribution in [0.5, 0.6) is 0 Å². The minimum absolute atomic E-state index is 0.129. The van der Waals surface area contributed by atoms with Crippen LogP contribution in [0.2, 0.25) is 5.02 Å². The molecule has 0 N–H and O–H groups in total. The fraction of sp³-hybridized carbons (Fsp3) is 0.0714. The largest absolute Gasteiger partial charge is 0.457 e. The van der Waals surface area contributed by atoms with Gasteiger partial charge in [-0.15, -0.1) is 0 Å². The minimum Gasteiger partial charge on any atom is -0.457 e. The predicted octanol–water partition coefficient (Wildman–Crippen LogP) is 3.61. The third-order valence-electron chi connectivity index (χ3n) is 2.61. The molecule has 102 valence electrons. The molecule has 0 amide bonds. The van der Waals surface area contributed by atoms with Crippen molar-refractivity contribution in [3.05, 3.63) is 74.8 Å². The van der Waals surface area contributed by atoms with Gasteiger partial charge in [-0.1, -0.05) is 29.8 Å². The second-order valence-corrected chi connectivity index (χ2v) is 4.41. The predicted molar refractivity (Wildman–Crippen MR) is 73.7 cm³/mol. The summed E-state index contributed by atoms with van der Waals surface area (Å²) in [5, 5.41) is 11.2. The summed E-state index contributed by atoms with van der Waals surface area (Å²) in [6.07, 6.45) is 0. The van der Waals surface area contributed by atoms with E-state index in [-0.39, 0.29) is 17.9 Å². The first kappa shape index (κ1) is 14.0. The number of esters is 1. The first-order valence-corrected chi connectivity index (χ1v) is 6.10. The quantitative estimate of drug-likeness (QED) is 0.490. The Hall–Kier alpha value is -2.40. The van der Waals surface area contributed by atoms with Crippen molar-refractivity contribution in [1.29, 1.82) is 0 Å². The highest BCUT2D eigenvalue weighted by Gasteiger charge is 2.16. The summed E-state index contributed by atoms with van der Waals surface area (Å²) in [7, 11) is 0. The lowest BCUT2D eigenvalue weighted by molar-refractivity contribution is -0.385. The molecule has 0 bridgehead atoms. The number of nitrogens with zero attached hydrogens (tertiary/aromatic N) is 1. The van der Waals surface area contributed by atoms with Gasteiger partial charge >= 0.3 is 5.97 Å². The zero-order chi connectivity index (χ0) is 14.5. The van der Waals surface area contributed by atoms with Crippen molar-refractivity contribution in [3.63, 3.8) is 0 Å². The van der Waals surface area contributed by atoms with Crippen LogP contribution in [0, 0.1) is 10.1 Å². The average Bonchev–Trinajstić information content (AvgIpc) is 2.45. The second-order valence-electron chi connectivity index (χ2n) is 3.97. The van der Waals surface area contributed by atoms with E-state index >= 15 is 0 Å². The van der Waals surface area contributed by atoms with Crippen molar-refractivity contribution in [1.82, 2.24) is 0 Å². The van der Waals surface area contributed by atoms with Crippen molar-refractivity contribution < 1.29 is 14.5 Å². The molecular weight excluding hydrogens is 282 g/mol. The van der Waals surface area contributed by atoms with Gasteiger partial charge in [0, 0.05) is 11.1 Å². The van der Waals surface area contributed by atoms with E-state index in [0.29, 0.717) is 10.6 Å². The molecule has 0 saturated heterocycles. The van der Waals surface area contributed by atoms with E-state index in [9.17, 15) is 14.9 Å². The maximum absolute atomic E-state index is 11.8. The van der Waals surface area contributed by atoms with E-state index in [2.05, 4.69) is 0 Å². The van der Waals surface area contributed by atoms with E-state index in [0.717, 1.165) is 0 Å². The van der Waals surface area contributed by atoms with Crippen LogP contribution >= 0.6 is 11.6 Å². The molecule has 0 unspecified atom stereocenters. The molecule has 2 rings (SSSR count). The molecule has 0 aromatic heterocycles. The van der Waals surface area contributed by atoms with Crippen LogP contribution in [-0.2, 0) is 11.3 Å². The molecular formula is C14H10ClNO4. The van der Waals surface area contributed by atoms with Crippen LogP contribution < -0.4 is 0 Å². The molecule has 0 heterocycles. The third kappa shape index (κ3) is 3.33. The van der Waals surface area contributed by atoms with Crippen LogP contribution in [0.4, 0.5) is 5.69 Å². The van der Waals surface area contributed by atoms with Gasteiger partial charge < -0.3 is 4.74 Å². The first-order valence-electron chi connectivity index (χ1n) is 5.73. The highest BCUT2D eigenvalue weighted by Crippen LogP contribution is 2.23. The van der Waals surface area contributed by atoms with Crippen LogP contribution in [0.15, 0.2) is 48.5 Å². The van der Waals surface area contributed by atoms with Gasteiger partial charge in [-0.2, -0.15) is 0 Å². The number of carbonyl (C=O) groups excluding carboxylic acids is 1. The normalized spacial score (nSPS) is 10.1. The molecule has 0 aliphatic carbocycles. The van der Waals surface area contributed by atoms with Gasteiger partial charge in [0.2, 0.25) is 0 Å². The summed E-state index contributed by atoms with van der Waals surface area (Å²) in [5.74, 6) is -0.542. The molecule has 5 nitrogen and oxygen atoms in total. The Bertz CT molecular complexity index is 643. The molecule has 6 heteroatoms. The van der Waals surface area contributed by atoms with Crippen molar-refractivity contribution in [2.75, 3.05) is 0 Å². The summed E-state index contributed by atoms with van der Waals surface area (Å²) in [5.41, 5.74) is 0.513. The van der Waals surface area contributed by atoms with E-state index in [1.807, 2.05) is 0 Å². The highest BCUT2D eigenvalue weighted by molar-refractivity contribution is 6.30. The van der Waals surface area contributed by atoms with Crippen molar-refractivity contribution >= 4 is 23.3 Å². The number of nitro groups is 1. The average molecular weight is 292 g/mol. The van der Waals surface area contributed by atoms with Crippen molar-refractivity contribution in [2.45, 2.75) is 6.61 Å². The molecule has 2 aromatic carbocycles. The molecule has 0 saturated carbocycles. The van der Waals surface area contributed by atoms with Crippen LogP contribution in [-0.4, -0.2) is 10.9 Å². The fourth-order valence-electron chi connectivity index (χ4n) is 1.65. The number of halogens is 1. The zero-order valence-corrected chi connectivity index (χ0v) is 11.0. The van der Waals surface area contributed by atoms with Gasteiger partial charge in [0.1, 0.15) is 6.61 Å². The number of nitro benzene ring substituents is 1. The summed E-state index contributed by atoms with van der Waals surface area (Å²) >= 11 is 5.79. The Morgan fingerprint density at radius 1 is 1.20 bits per heavy atom. The Balaban J connectivity index is 2.13. The molecule has 0 spiro atoms. The lowest BCUT2D eigenvalue weighted by atomic mass is 10.2. The number of rotatable bonds is 4. The Morgan fingerprint density at radius 2 is 1.90 bits per heavy atom.